The molecule has 0 bridgehead atoms. The number of aryl methyl sites for hydroxylation is 1. The summed E-state index contributed by atoms with van der Waals surface area (Å²) in [6, 6.07) is 11.4. The zero-order valence-corrected chi connectivity index (χ0v) is 15.3. The van der Waals surface area contributed by atoms with Gasteiger partial charge in [-0.1, -0.05) is 17.4 Å². The third-order valence-corrected chi connectivity index (χ3v) is 5.26. The molecule has 0 atom stereocenters. The minimum Gasteiger partial charge on any atom is -0.497 e. The maximum atomic E-state index is 12.5. The third kappa shape index (κ3) is 3.06. The molecule has 2 heterocycles. The van der Waals surface area contributed by atoms with E-state index in [0.717, 1.165) is 28.1 Å². The number of benzene rings is 2. The van der Waals surface area contributed by atoms with Crippen molar-refractivity contribution in [1.82, 2.24) is 4.57 Å². The Labute approximate surface area is 154 Å². The predicted molar refractivity (Wildman–Crippen MR) is 98.9 cm³/mol. The number of hydrogen-bond acceptors (Lipinski definition) is 5. The number of nitrogens with zero attached hydrogens (tertiary/aromatic N) is 2. The SMILES string of the molecule is CCn1c(=NC(=O)Cc2ccc3c(c2)OCO3)sc2cc(OC)ccc21. The van der Waals surface area contributed by atoms with Gasteiger partial charge in [0.25, 0.3) is 5.91 Å². The Balaban J connectivity index is 1.65. The van der Waals surface area contributed by atoms with Crippen LogP contribution in [-0.2, 0) is 17.8 Å². The lowest BCUT2D eigenvalue weighted by Gasteiger charge is -2.02. The van der Waals surface area contributed by atoms with Gasteiger partial charge in [-0.15, -0.1) is 0 Å². The molecule has 3 aromatic rings. The lowest BCUT2D eigenvalue weighted by Crippen LogP contribution is -2.16. The third-order valence-electron chi connectivity index (χ3n) is 4.22. The van der Waals surface area contributed by atoms with Gasteiger partial charge in [-0.25, -0.2) is 0 Å². The van der Waals surface area contributed by atoms with E-state index in [1.807, 2.05) is 47.9 Å². The number of methoxy groups -OCH3 is 1. The Bertz CT molecular complexity index is 1050. The maximum Gasteiger partial charge on any atom is 0.252 e. The van der Waals surface area contributed by atoms with Gasteiger partial charge in [0, 0.05) is 6.54 Å². The lowest BCUT2D eigenvalue weighted by atomic mass is 10.1. The van der Waals surface area contributed by atoms with Crippen LogP contribution in [0.4, 0.5) is 0 Å². The van der Waals surface area contributed by atoms with E-state index in [-0.39, 0.29) is 19.1 Å². The highest BCUT2D eigenvalue weighted by Crippen LogP contribution is 2.32. The first-order valence-corrected chi connectivity index (χ1v) is 9.13. The van der Waals surface area contributed by atoms with E-state index >= 15 is 0 Å². The molecule has 0 saturated heterocycles. The van der Waals surface area contributed by atoms with Crippen LogP contribution < -0.4 is 19.0 Å². The normalized spacial score (nSPS) is 13.4. The fourth-order valence-corrected chi connectivity index (χ4v) is 4.08. The summed E-state index contributed by atoms with van der Waals surface area (Å²) in [5.41, 5.74) is 1.90. The van der Waals surface area contributed by atoms with E-state index in [1.165, 1.54) is 11.3 Å². The first-order valence-electron chi connectivity index (χ1n) is 8.31. The molecule has 0 spiro atoms. The molecule has 1 amide bonds. The fraction of sp³-hybridized carbons (Fsp3) is 0.263. The molecule has 1 aliphatic heterocycles. The molecule has 0 unspecified atom stereocenters. The molecule has 4 rings (SSSR count). The Hall–Kier alpha value is -2.80. The second kappa shape index (κ2) is 6.84. The van der Waals surface area contributed by atoms with Crippen molar-refractivity contribution in [3.8, 4) is 17.2 Å². The summed E-state index contributed by atoms with van der Waals surface area (Å²) < 4.78 is 19.0. The Morgan fingerprint density at radius 1 is 1.23 bits per heavy atom. The number of aromatic nitrogens is 1. The monoisotopic (exact) mass is 370 g/mol. The van der Waals surface area contributed by atoms with Crippen LogP contribution in [0.1, 0.15) is 12.5 Å². The number of amides is 1. The molecule has 0 aliphatic carbocycles. The number of thiazole rings is 1. The van der Waals surface area contributed by atoms with Gasteiger partial charge in [0.1, 0.15) is 5.75 Å². The van der Waals surface area contributed by atoms with Crippen LogP contribution in [0.5, 0.6) is 17.2 Å². The molecule has 1 aromatic heterocycles. The minimum atomic E-state index is -0.190. The van der Waals surface area contributed by atoms with E-state index < -0.39 is 0 Å². The number of rotatable bonds is 4. The van der Waals surface area contributed by atoms with Crippen LogP contribution in [0.2, 0.25) is 0 Å². The van der Waals surface area contributed by atoms with Gasteiger partial charge in [0.2, 0.25) is 6.79 Å². The van der Waals surface area contributed by atoms with Gasteiger partial charge in [-0.3, -0.25) is 4.79 Å². The van der Waals surface area contributed by atoms with Crippen molar-refractivity contribution in [2.24, 2.45) is 4.99 Å². The highest BCUT2D eigenvalue weighted by atomic mass is 32.1. The molecule has 134 valence electrons. The molecular weight excluding hydrogens is 352 g/mol. The largest absolute Gasteiger partial charge is 0.497 e. The van der Waals surface area contributed by atoms with E-state index in [0.29, 0.717) is 16.3 Å². The first kappa shape index (κ1) is 16.7. The van der Waals surface area contributed by atoms with Crippen LogP contribution in [0.15, 0.2) is 41.4 Å². The van der Waals surface area contributed by atoms with Crippen molar-refractivity contribution in [2.45, 2.75) is 19.9 Å². The van der Waals surface area contributed by atoms with Gasteiger partial charge in [-0.05, 0) is 42.8 Å². The summed E-state index contributed by atoms with van der Waals surface area (Å²) in [6.45, 7) is 3.00. The summed E-state index contributed by atoms with van der Waals surface area (Å²) in [5.74, 6) is 1.98. The van der Waals surface area contributed by atoms with Crippen molar-refractivity contribution < 1.29 is 19.0 Å². The molecule has 0 saturated carbocycles. The van der Waals surface area contributed by atoms with Crippen LogP contribution in [-0.4, -0.2) is 24.4 Å². The number of carbonyl (C=O) groups excluding carboxylic acids is 1. The average molecular weight is 370 g/mol. The van der Waals surface area contributed by atoms with Crippen molar-refractivity contribution in [2.75, 3.05) is 13.9 Å². The van der Waals surface area contributed by atoms with E-state index in [4.69, 9.17) is 14.2 Å². The minimum absolute atomic E-state index is 0.190. The topological polar surface area (TPSA) is 62.1 Å². The van der Waals surface area contributed by atoms with Crippen molar-refractivity contribution in [3.05, 3.63) is 46.8 Å². The zero-order valence-electron chi connectivity index (χ0n) is 14.5. The van der Waals surface area contributed by atoms with E-state index in [1.54, 1.807) is 7.11 Å². The van der Waals surface area contributed by atoms with Gasteiger partial charge in [0.05, 0.1) is 23.7 Å². The van der Waals surface area contributed by atoms with Gasteiger partial charge >= 0.3 is 0 Å². The molecule has 2 aromatic carbocycles. The fourth-order valence-electron chi connectivity index (χ4n) is 2.94. The zero-order chi connectivity index (χ0) is 18.1. The second-order valence-electron chi connectivity index (χ2n) is 5.83. The second-order valence-corrected chi connectivity index (χ2v) is 6.84. The first-order chi connectivity index (χ1) is 12.7. The number of carbonyl (C=O) groups is 1. The number of hydrogen-bond donors (Lipinski definition) is 0. The van der Waals surface area contributed by atoms with Crippen molar-refractivity contribution in [3.63, 3.8) is 0 Å². The van der Waals surface area contributed by atoms with Gasteiger partial charge in [0.15, 0.2) is 16.3 Å². The van der Waals surface area contributed by atoms with Crippen LogP contribution in [0.25, 0.3) is 10.2 Å². The van der Waals surface area contributed by atoms with Gasteiger partial charge < -0.3 is 18.8 Å². The highest BCUT2D eigenvalue weighted by molar-refractivity contribution is 7.16. The average Bonchev–Trinajstić information content (AvgIpc) is 3.23. The van der Waals surface area contributed by atoms with Crippen LogP contribution in [0.3, 0.4) is 0 Å². The molecule has 0 N–H and O–H groups in total. The molecule has 1 aliphatic rings. The van der Waals surface area contributed by atoms with Crippen molar-refractivity contribution >= 4 is 27.5 Å². The Morgan fingerprint density at radius 2 is 2.08 bits per heavy atom. The molecule has 26 heavy (non-hydrogen) atoms. The maximum absolute atomic E-state index is 12.5. The molecular formula is C19H18N2O4S. The van der Waals surface area contributed by atoms with Crippen LogP contribution in [0, 0.1) is 0 Å². The number of fused-ring (bicyclic) bond motifs is 2. The Kier molecular flexibility index (Phi) is 4.38. The van der Waals surface area contributed by atoms with Crippen molar-refractivity contribution in [1.29, 1.82) is 0 Å². The predicted octanol–water partition coefficient (Wildman–Crippen LogP) is 3.13. The summed E-state index contributed by atoms with van der Waals surface area (Å²) >= 11 is 1.49. The molecule has 0 radical (unpaired) electrons. The summed E-state index contributed by atoms with van der Waals surface area (Å²) in [4.78, 5) is 17.5. The molecule has 7 heteroatoms. The Morgan fingerprint density at radius 3 is 2.88 bits per heavy atom. The highest BCUT2D eigenvalue weighted by Gasteiger charge is 2.14. The molecule has 6 nitrogen and oxygen atoms in total. The molecule has 0 fully saturated rings. The lowest BCUT2D eigenvalue weighted by molar-refractivity contribution is -0.117. The van der Waals surface area contributed by atoms with E-state index in [9.17, 15) is 4.79 Å². The van der Waals surface area contributed by atoms with Crippen LogP contribution >= 0.6 is 11.3 Å². The van der Waals surface area contributed by atoms with Gasteiger partial charge in [-0.2, -0.15) is 4.99 Å². The van der Waals surface area contributed by atoms with E-state index in [2.05, 4.69) is 4.99 Å². The number of ether oxygens (including phenoxy) is 3. The smallest absolute Gasteiger partial charge is 0.252 e. The standard InChI is InChI=1S/C19H18N2O4S/c1-3-21-14-6-5-13(23-2)10-17(14)26-19(21)20-18(22)9-12-4-7-15-16(8-12)25-11-24-15/h4-8,10H,3,9,11H2,1-2H3. The summed E-state index contributed by atoms with van der Waals surface area (Å²) in [7, 11) is 1.64. The summed E-state index contributed by atoms with van der Waals surface area (Å²) in [6.07, 6.45) is 0.220. The summed E-state index contributed by atoms with van der Waals surface area (Å²) in [5, 5.41) is 0. The quantitative estimate of drug-likeness (QED) is 0.708.